The number of aliphatic carboxylic acids is 2. The number of benzene rings is 2. The zero-order valence-electron chi connectivity index (χ0n) is 14.3. The van der Waals surface area contributed by atoms with E-state index in [0.717, 1.165) is 5.56 Å². The summed E-state index contributed by atoms with van der Waals surface area (Å²) < 4.78 is 0. The minimum Gasteiger partial charge on any atom is -0.473 e. The van der Waals surface area contributed by atoms with Gasteiger partial charge in [-0.2, -0.15) is 5.26 Å². The van der Waals surface area contributed by atoms with E-state index in [9.17, 15) is 4.79 Å². The molecule has 0 aromatic heterocycles. The van der Waals surface area contributed by atoms with Crippen LogP contribution in [-0.2, 0) is 20.9 Å². The summed E-state index contributed by atoms with van der Waals surface area (Å²) in [5.41, 5.74) is 1.93. The smallest absolute Gasteiger partial charge is 0.414 e. The number of carbonyl (C=O) groups is 3. The highest BCUT2D eigenvalue weighted by atomic mass is 35.5. The van der Waals surface area contributed by atoms with Crippen LogP contribution in [0, 0.1) is 11.3 Å². The molecular weight excluding hydrogens is 409 g/mol. The minimum absolute atomic E-state index is 0.157. The number of rotatable bonds is 5. The lowest BCUT2D eigenvalue weighted by atomic mass is 10.2. The maximum Gasteiger partial charge on any atom is 0.414 e. The van der Waals surface area contributed by atoms with Crippen molar-refractivity contribution in [2.45, 2.75) is 6.54 Å². The number of hydrogen-bond acceptors (Lipinski definition) is 5. The SMILES string of the molecule is N#Cc1ccc(NC(=O)CNCc2cccc(Cl)c2)cc1Cl.O=C(O)C(=O)O. The summed E-state index contributed by atoms with van der Waals surface area (Å²) in [6.07, 6.45) is 0. The van der Waals surface area contributed by atoms with Gasteiger partial charge in [-0.25, -0.2) is 9.59 Å². The summed E-state index contributed by atoms with van der Waals surface area (Å²) >= 11 is 11.8. The molecule has 0 saturated carbocycles. The van der Waals surface area contributed by atoms with E-state index in [2.05, 4.69) is 10.6 Å². The molecule has 0 aliphatic rings. The maximum atomic E-state index is 11.8. The fraction of sp³-hybridized carbons (Fsp3) is 0.111. The Morgan fingerprint density at radius 2 is 1.71 bits per heavy atom. The number of nitrogens with zero attached hydrogens (tertiary/aromatic N) is 1. The van der Waals surface area contributed by atoms with Crippen LogP contribution in [-0.4, -0.2) is 34.6 Å². The summed E-state index contributed by atoms with van der Waals surface area (Å²) in [5, 5.41) is 30.3. The van der Waals surface area contributed by atoms with Crippen LogP contribution in [0.15, 0.2) is 42.5 Å². The number of anilines is 1. The Morgan fingerprint density at radius 1 is 1.04 bits per heavy atom. The van der Waals surface area contributed by atoms with Gasteiger partial charge in [0.2, 0.25) is 5.91 Å². The third kappa shape index (κ3) is 8.51. The van der Waals surface area contributed by atoms with Crippen molar-refractivity contribution in [3.63, 3.8) is 0 Å². The molecule has 2 aromatic rings. The summed E-state index contributed by atoms with van der Waals surface area (Å²) in [4.78, 5) is 30.0. The van der Waals surface area contributed by atoms with Crippen molar-refractivity contribution in [2.75, 3.05) is 11.9 Å². The molecule has 0 heterocycles. The van der Waals surface area contributed by atoms with Gasteiger partial charge in [-0.1, -0.05) is 35.3 Å². The normalized spacial score (nSPS) is 9.46. The second-order valence-corrected chi connectivity index (χ2v) is 6.04. The number of nitrogens with one attached hydrogen (secondary N) is 2. The van der Waals surface area contributed by atoms with Crippen LogP contribution in [0.4, 0.5) is 5.69 Å². The van der Waals surface area contributed by atoms with E-state index in [-0.39, 0.29) is 12.5 Å². The van der Waals surface area contributed by atoms with E-state index in [0.29, 0.717) is 27.8 Å². The third-order valence-corrected chi connectivity index (χ3v) is 3.61. The number of amides is 1. The van der Waals surface area contributed by atoms with Gasteiger partial charge in [0.1, 0.15) is 6.07 Å². The van der Waals surface area contributed by atoms with Crippen molar-refractivity contribution >= 4 is 46.7 Å². The molecule has 0 unspecified atom stereocenters. The molecule has 0 spiro atoms. The Morgan fingerprint density at radius 3 is 2.25 bits per heavy atom. The number of hydrogen-bond donors (Lipinski definition) is 4. The van der Waals surface area contributed by atoms with E-state index < -0.39 is 11.9 Å². The number of carbonyl (C=O) groups excluding carboxylic acids is 1. The molecule has 0 saturated heterocycles. The van der Waals surface area contributed by atoms with Gasteiger partial charge >= 0.3 is 11.9 Å². The van der Waals surface area contributed by atoms with Crippen molar-refractivity contribution in [1.82, 2.24) is 5.32 Å². The van der Waals surface area contributed by atoms with Crippen molar-refractivity contribution in [3.05, 3.63) is 63.6 Å². The Balaban J connectivity index is 0.000000568. The molecule has 2 aromatic carbocycles. The second-order valence-electron chi connectivity index (χ2n) is 5.20. The van der Waals surface area contributed by atoms with Crippen LogP contribution in [0.3, 0.4) is 0 Å². The topological polar surface area (TPSA) is 140 Å². The Labute approximate surface area is 170 Å². The predicted octanol–water partition coefficient (Wildman–Crippen LogP) is 2.75. The lowest BCUT2D eigenvalue weighted by Gasteiger charge is -2.08. The van der Waals surface area contributed by atoms with Crippen LogP contribution in [0.1, 0.15) is 11.1 Å². The van der Waals surface area contributed by atoms with Crippen molar-refractivity contribution in [3.8, 4) is 6.07 Å². The van der Waals surface area contributed by atoms with Gasteiger partial charge in [0.15, 0.2) is 0 Å². The third-order valence-electron chi connectivity index (χ3n) is 3.06. The highest BCUT2D eigenvalue weighted by molar-refractivity contribution is 6.32. The average molecular weight is 424 g/mol. The van der Waals surface area contributed by atoms with E-state index in [1.54, 1.807) is 24.3 Å². The van der Waals surface area contributed by atoms with Gasteiger partial charge in [-0.3, -0.25) is 4.79 Å². The molecule has 2 rings (SSSR count). The highest BCUT2D eigenvalue weighted by Gasteiger charge is 2.05. The van der Waals surface area contributed by atoms with E-state index in [1.807, 2.05) is 24.3 Å². The van der Waals surface area contributed by atoms with Gasteiger partial charge in [-0.15, -0.1) is 0 Å². The Bertz CT molecular complexity index is 900. The van der Waals surface area contributed by atoms with Crippen molar-refractivity contribution in [2.24, 2.45) is 0 Å². The first-order valence-electron chi connectivity index (χ1n) is 7.63. The highest BCUT2D eigenvalue weighted by Crippen LogP contribution is 2.20. The van der Waals surface area contributed by atoms with Gasteiger partial charge in [0.05, 0.1) is 17.1 Å². The quantitative estimate of drug-likeness (QED) is 0.541. The molecule has 8 nitrogen and oxygen atoms in total. The first kappa shape index (κ1) is 22.9. The van der Waals surface area contributed by atoms with Gasteiger partial charge in [-0.05, 0) is 35.9 Å². The van der Waals surface area contributed by atoms with E-state index >= 15 is 0 Å². The number of carboxylic acids is 2. The standard InChI is InChI=1S/C16H13Cl2N3O.C2H2O4/c17-13-3-1-2-11(6-13)9-20-10-16(22)21-14-5-4-12(8-19)15(18)7-14;3-1(4)2(5)6/h1-7,20H,9-10H2,(H,21,22);(H,3,4)(H,5,6). The van der Waals surface area contributed by atoms with Crippen molar-refractivity contribution in [1.29, 1.82) is 5.26 Å². The first-order valence-corrected chi connectivity index (χ1v) is 8.39. The van der Waals surface area contributed by atoms with E-state index in [1.165, 1.54) is 0 Å². The van der Waals surface area contributed by atoms with Crippen LogP contribution in [0.25, 0.3) is 0 Å². The fourth-order valence-electron chi connectivity index (χ4n) is 1.86. The van der Waals surface area contributed by atoms with Gasteiger partial charge < -0.3 is 20.8 Å². The number of carboxylic acid groups (broad SMARTS) is 2. The van der Waals surface area contributed by atoms with Gasteiger partial charge in [0.25, 0.3) is 0 Å². The molecule has 0 radical (unpaired) electrons. The summed E-state index contributed by atoms with van der Waals surface area (Å²) in [6.45, 7) is 0.701. The summed E-state index contributed by atoms with van der Waals surface area (Å²) in [7, 11) is 0. The molecule has 0 aliphatic heterocycles. The Kier molecular flexibility index (Phi) is 9.47. The lowest BCUT2D eigenvalue weighted by Crippen LogP contribution is -2.27. The summed E-state index contributed by atoms with van der Waals surface area (Å²) in [6, 6.07) is 14.1. The second kappa shape index (κ2) is 11.6. The molecule has 28 heavy (non-hydrogen) atoms. The fourth-order valence-corrected chi connectivity index (χ4v) is 2.29. The number of nitriles is 1. The summed E-state index contributed by atoms with van der Waals surface area (Å²) in [5.74, 6) is -3.84. The molecule has 0 bridgehead atoms. The molecular formula is C18H15Cl2N3O5. The van der Waals surface area contributed by atoms with E-state index in [4.69, 9.17) is 48.3 Å². The van der Waals surface area contributed by atoms with Crippen molar-refractivity contribution < 1.29 is 24.6 Å². The molecule has 1 amide bonds. The molecule has 4 N–H and O–H groups in total. The largest absolute Gasteiger partial charge is 0.473 e. The predicted molar refractivity (Wildman–Crippen MR) is 103 cm³/mol. The number of halogens is 2. The molecule has 0 aliphatic carbocycles. The lowest BCUT2D eigenvalue weighted by molar-refractivity contribution is -0.159. The molecule has 0 atom stereocenters. The average Bonchev–Trinajstić information content (AvgIpc) is 2.62. The van der Waals surface area contributed by atoms with Crippen LogP contribution >= 0.6 is 23.2 Å². The Hall–Kier alpha value is -3.12. The van der Waals surface area contributed by atoms with Crippen LogP contribution in [0.2, 0.25) is 10.0 Å². The zero-order valence-corrected chi connectivity index (χ0v) is 15.8. The molecule has 0 fully saturated rings. The van der Waals surface area contributed by atoms with Crippen LogP contribution < -0.4 is 10.6 Å². The first-order chi connectivity index (χ1) is 13.2. The molecule has 146 valence electrons. The zero-order chi connectivity index (χ0) is 21.1. The van der Waals surface area contributed by atoms with Gasteiger partial charge in [0, 0.05) is 17.3 Å². The van der Waals surface area contributed by atoms with Crippen LogP contribution in [0.5, 0.6) is 0 Å². The molecule has 10 heteroatoms. The monoisotopic (exact) mass is 423 g/mol. The maximum absolute atomic E-state index is 11.8. The minimum atomic E-state index is -1.82.